The molecule has 0 radical (unpaired) electrons. The smallest absolute Gasteiger partial charge is 0.315 e. The maximum absolute atomic E-state index is 11.3. The van der Waals surface area contributed by atoms with Gasteiger partial charge < -0.3 is 10.6 Å². The van der Waals surface area contributed by atoms with Crippen molar-refractivity contribution in [2.24, 2.45) is 0 Å². The lowest BCUT2D eigenvalue weighted by atomic mass is 10.2. The van der Waals surface area contributed by atoms with Crippen LogP contribution < -0.4 is 10.6 Å². The lowest BCUT2D eigenvalue weighted by molar-refractivity contribution is -0.383. The Morgan fingerprint density at radius 2 is 1.95 bits per heavy atom. The van der Waals surface area contributed by atoms with Crippen LogP contribution in [-0.4, -0.2) is 18.0 Å². The zero-order valence-electron chi connectivity index (χ0n) is 11.6. The van der Waals surface area contributed by atoms with Crippen molar-refractivity contribution in [1.82, 2.24) is 0 Å². The molecule has 1 heterocycles. The number of nitro groups is 1. The van der Waals surface area contributed by atoms with E-state index in [-0.39, 0.29) is 10.6 Å². The number of hydrogen-bond acceptors (Lipinski definition) is 5. The fourth-order valence-corrected chi connectivity index (χ4v) is 3.51. The number of halogens is 1. The van der Waals surface area contributed by atoms with Gasteiger partial charge in [-0.05, 0) is 53.5 Å². The number of rotatable bonds is 7. The molecule has 0 atom stereocenters. The molecular formula is C14H16BrN3O2S. The maximum atomic E-state index is 11.3. The average molecular weight is 370 g/mol. The fraction of sp³-hybridized carbons (Fsp3) is 0.286. The first-order chi connectivity index (χ1) is 10.1. The zero-order valence-corrected chi connectivity index (χ0v) is 14.0. The molecule has 1 aromatic carbocycles. The molecule has 21 heavy (non-hydrogen) atoms. The number of thiophene rings is 1. The number of nitrogens with zero attached hydrogens (tertiary/aromatic N) is 1. The highest BCUT2D eigenvalue weighted by atomic mass is 79.9. The van der Waals surface area contributed by atoms with Crippen molar-refractivity contribution in [1.29, 1.82) is 0 Å². The quantitative estimate of drug-likeness (QED) is 0.556. The predicted molar refractivity (Wildman–Crippen MR) is 91.5 cm³/mol. The fourth-order valence-electron chi connectivity index (χ4n) is 2.02. The van der Waals surface area contributed by atoms with Crippen LogP contribution in [0.2, 0.25) is 0 Å². The largest absolute Gasteiger partial charge is 0.380 e. The summed E-state index contributed by atoms with van der Waals surface area (Å²) in [6.45, 7) is 3.22. The highest BCUT2D eigenvalue weighted by Gasteiger charge is 2.18. The molecule has 2 rings (SSSR count). The second-order valence-electron chi connectivity index (χ2n) is 4.37. The molecule has 2 aromatic rings. The lowest BCUT2D eigenvalue weighted by Gasteiger charge is -2.10. The molecule has 0 bridgehead atoms. The van der Waals surface area contributed by atoms with E-state index in [1.807, 2.05) is 19.1 Å². The summed E-state index contributed by atoms with van der Waals surface area (Å²) in [7, 11) is 0. The molecule has 0 aliphatic rings. The van der Waals surface area contributed by atoms with Crippen LogP contribution in [0.5, 0.6) is 0 Å². The van der Waals surface area contributed by atoms with Crippen molar-refractivity contribution >= 4 is 44.3 Å². The molecule has 2 N–H and O–H groups in total. The standard InChI is InChI=1S/C14H16BrN3O2S/c1-2-16-11-4-3-5-12(14(11)18(19)20)17-9-8-10-6-7-13(15)21-10/h3-7,16-17H,2,8-9H2,1H3. The number of hydrogen-bond donors (Lipinski definition) is 2. The Hall–Kier alpha value is -1.60. The minimum atomic E-state index is -0.345. The Labute approximate surface area is 135 Å². The normalized spacial score (nSPS) is 10.4. The first-order valence-electron chi connectivity index (χ1n) is 6.61. The first kappa shape index (κ1) is 15.8. The Morgan fingerprint density at radius 1 is 1.24 bits per heavy atom. The van der Waals surface area contributed by atoms with E-state index >= 15 is 0 Å². The van der Waals surface area contributed by atoms with Crippen LogP contribution in [0.4, 0.5) is 17.1 Å². The minimum Gasteiger partial charge on any atom is -0.380 e. The molecule has 0 aliphatic heterocycles. The molecule has 7 heteroatoms. The van der Waals surface area contributed by atoms with E-state index in [2.05, 4.69) is 32.6 Å². The highest BCUT2D eigenvalue weighted by molar-refractivity contribution is 9.11. The zero-order chi connectivity index (χ0) is 15.2. The van der Waals surface area contributed by atoms with E-state index in [4.69, 9.17) is 0 Å². The van der Waals surface area contributed by atoms with E-state index in [0.717, 1.165) is 10.2 Å². The van der Waals surface area contributed by atoms with Gasteiger partial charge in [0.15, 0.2) is 0 Å². The summed E-state index contributed by atoms with van der Waals surface area (Å²) in [5, 5.41) is 17.5. The van der Waals surface area contributed by atoms with Crippen LogP contribution in [0.1, 0.15) is 11.8 Å². The van der Waals surface area contributed by atoms with Gasteiger partial charge in [-0.3, -0.25) is 10.1 Å². The Kier molecular flexibility index (Phi) is 5.58. The molecule has 0 saturated heterocycles. The van der Waals surface area contributed by atoms with Crippen molar-refractivity contribution in [3.8, 4) is 0 Å². The third-order valence-electron chi connectivity index (χ3n) is 2.90. The molecule has 5 nitrogen and oxygen atoms in total. The van der Waals surface area contributed by atoms with Crippen molar-refractivity contribution in [2.75, 3.05) is 23.7 Å². The van der Waals surface area contributed by atoms with Gasteiger partial charge in [-0.25, -0.2) is 0 Å². The number of para-hydroxylation sites is 1. The van der Waals surface area contributed by atoms with Crippen LogP contribution in [0.15, 0.2) is 34.1 Å². The van der Waals surface area contributed by atoms with E-state index < -0.39 is 0 Å². The van der Waals surface area contributed by atoms with Gasteiger partial charge in [0.05, 0.1) is 8.71 Å². The van der Waals surface area contributed by atoms with Crippen molar-refractivity contribution in [3.63, 3.8) is 0 Å². The van der Waals surface area contributed by atoms with Gasteiger partial charge in [-0.15, -0.1) is 11.3 Å². The van der Waals surface area contributed by atoms with Crippen LogP contribution in [0.3, 0.4) is 0 Å². The van der Waals surface area contributed by atoms with Crippen LogP contribution in [0.25, 0.3) is 0 Å². The summed E-state index contributed by atoms with van der Waals surface area (Å²) in [6, 6.07) is 9.34. The molecule has 0 fully saturated rings. The number of nitro benzene ring substituents is 1. The molecule has 0 unspecified atom stereocenters. The summed E-state index contributed by atoms with van der Waals surface area (Å²) in [5.41, 5.74) is 1.20. The van der Waals surface area contributed by atoms with Gasteiger partial charge in [0, 0.05) is 18.0 Å². The van der Waals surface area contributed by atoms with Crippen molar-refractivity contribution < 1.29 is 4.92 Å². The molecule has 0 spiro atoms. The van der Waals surface area contributed by atoms with E-state index in [1.54, 1.807) is 23.5 Å². The molecule has 0 amide bonds. The average Bonchev–Trinajstić information content (AvgIpc) is 2.85. The second-order valence-corrected chi connectivity index (χ2v) is 6.92. The van der Waals surface area contributed by atoms with Crippen LogP contribution in [0, 0.1) is 10.1 Å². The SMILES string of the molecule is CCNc1cccc(NCCc2ccc(Br)s2)c1[N+](=O)[O-]. The van der Waals surface area contributed by atoms with Gasteiger partial charge in [0.25, 0.3) is 0 Å². The van der Waals surface area contributed by atoms with Gasteiger partial charge in [-0.1, -0.05) is 6.07 Å². The number of nitrogens with one attached hydrogen (secondary N) is 2. The van der Waals surface area contributed by atoms with Crippen LogP contribution >= 0.6 is 27.3 Å². The van der Waals surface area contributed by atoms with Crippen molar-refractivity contribution in [2.45, 2.75) is 13.3 Å². The lowest BCUT2D eigenvalue weighted by Crippen LogP contribution is -2.08. The summed E-state index contributed by atoms with van der Waals surface area (Å²) in [4.78, 5) is 12.2. The van der Waals surface area contributed by atoms with Crippen LogP contribution in [-0.2, 0) is 6.42 Å². The Morgan fingerprint density at radius 3 is 2.52 bits per heavy atom. The number of anilines is 2. The molecule has 0 saturated carbocycles. The topological polar surface area (TPSA) is 67.2 Å². The second kappa shape index (κ2) is 7.42. The Balaban J connectivity index is 2.08. The monoisotopic (exact) mass is 369 g/mol. The predicted octanol–water partition coefficient (Wildman–Crippen LogP) is 4.51. The van der Waals surface area contributed by atoms with E-state index in [0.29, 0.717) is 24.5 Å². The maximum Gasteiger partial charge on any atom is 0.315 e. The molecular weight excluding hydrogens is 354 g/mol. The van der Waals surface area contributed by atoms with Gasteiger partial charge in [0.2, 0.25) is 0 Å². The summed E-state index contributed by atoms with van der Waals surface area (Å²) < 4.78 is 1.10. The van der Waals surface area contributed by atoms with E-state index in [9.17, 15) is 10.1 Å². The summed E-state index contributed by atoms with van der Waals surface area (Å²) >= 11 is 5.10. The minimum absolute atomic E-state index is 0.103. The van der Waals surface area contributed by atoms with Gasteiger partial charge in [0.1, 0.15) is 11.4 Å². The van der Waals surface area contributed by atoms with Crippen molar-refractivity contribution in [3.05, 3.63) is 49.1 Å². The van der Waals surface area contributed by atoms with E-state index in [1.165, 1.54) is 4.88 Å². The third-order valence-corrected chi connectivity index (χ3v) is 4.58. The first-order valence-corrected chi connectivity index (χ1v) is 8.22. The number of benzene rings is 1. The summed E-state index contributed by atoms with van der Waals surface area (Å²) in [6.07, 6.45) is 0.832. The van der Waals surface area contributed by atoms with Gasteiger partial charge >= 0.3 is 5.69 Å². The molecule has 1 aromatic heterocycles. The third kappa shape index (κ3) is 4.18. The van der Waals surface area contributed by atoms with Gasteiger partial charge in [-0.2, -0.15) is 0 Å². The molecule has 112 valence electrons. The molecule has 0 aliphatic carbocycles. The highest BCUT2D eigenvalue weighted by Crippen LogP contribution is 2.32. The Bertz CT molecular complexity index is 630. The summed E-state index contributed by atoms with van der Waals surface area (Å²) in [5.74, 6) is 0.